The summed E-state index contributed by atoms with van der Waals surface area (Å²) in [6.45, 7) is 8.88. The minimum absolute atomic E-state index is 0.659. The highest BCUT2D eigenvalue weighted by atomic mass is 14.9. The van der Waals surface area contributed by atoms with Gasteiger partial charge in [-0.15, -0.1) is 0 Å². The molecule has 0 amide bonds. The molecule has 0 saturated heterocycles. The van der Waals surface area contributed by atoms with Gasteiger partial charge in [0.05, 0.1) is 0 Å². The Morgan fingerprint density at radius 3 is 2.17 bits per heavy atom. The van der Waals surface area contributed by atoms with Gasteiger partial charge in [-0.05, 0) is 49.5 Å². The van der Waals surface area contributed by atoms with Crippen LogP contribution in [0.4, 0.5) is 5.69 Å². The summed E-state index contributed by atoms with van der Waals surface area (Å²) >= 11 is 0. The van der Waals surface area contributed by atoms with Crippen LogP contribution in [0.5, 0.6) is 0 Å². The molecule has 0 aliphatic heterocycles. The summed E-state index contributed by atoms with van der Waals surface area (Å²) in [5.74, 6) is 1.36. The highest BCUT2D eigenvalue weighted by Gasteiger charge is 2.05. The average Bonchev–Trinajstić information content (AvgIpc) is 2.43. The Bertz CT molecular complexity index is 318. The second-order valence-corrected chi connectivity index (χ2v) is 5.14. The maximum Gasteiger partial charge on any atom is 0.0340 e. The number of benzene rings is 1. The molecule has 0 bridgehead atoms. The van der Waals surface area contributed by atoms with Crippen LogP contribution >= 0.6 is 0 Å². The van der Waals surface area contributed by atoms with E-state index in [-0.39, 0.29) is 0 Å². The lowest BCUT2D eigenvalue weighted by Gasteiger charge is -2.16. The smallest absolute Gasteiger partial charge is 0.0340 e. The quantitative estimate of drug-likeness (QED) is 0.730. The van der Waals surface area contributed by atoms with Gasteiger partial charge in [0, 0.05) is 12.2 Å². The van der Waals surface area contributed by atoms with Crippen LogP contribution in [0.25, 0.3) is 0 Å². The molecule has 0 aliphatic carbocycles. The van der Waals surface area contributed by atoms with E-state index < -0.39 is 0 Å². The number of nitrogens with one attached hydrogen (secondary N) is 2. The first-order valence-electron chi connectivity index (χ1n) is 7.19. The van der Waals surface area contributed by atoms with Crippen molar-refractivity contribution in [2.24, 2.45) is 5.92 Å². The molecule has 1 aromatic carbocycles. The van der Waals surface area contributed by atoms with Crippen LogP contribution in [0, 0.1) is 5.92 Å². The van der Waals surface area contributed by atoms with E-state index in [1.807, 2.05) is 7.05 Å². The fourth-order valence-corrected chi connectivity index (χ4v) is 2.08. The Balaban J connectivity index is 2.48. The second kappa shape index (κ2) is 8.15. The molecule has 18 heavy (non-hydrogen) atoms. The molecule has 0 fully saturated rings. The monoisotopic (exact) mass is 248 g/mol. The van der Waals surface area contributed by atoms with Gasteiger partial charge in [0.2, 0.25) is 0 Å². The maximum absolute atomic E-state index is 3.52. The van der Waals surface area contributed by atoms with Crippen LogP contribution in [0.15, 0.2) is 24.3 Å². The number of anilines is 1. The van der Waals surface area contributed by atoms with Gasteiger partial charge in [-0.1, -0.05) is 39.3 Å². The molecule has 2 unspecified atom stereocenters. The lowest BCUT2D eigenvalue weighted by atomic mass is 9.98. The van der Waals surface area contributed by atoms with Gasteiger partial charge in [0.25, 0.3) is 0 Å². The first-order chi connectivity index (χ1) is 8.71. The van der Waals surface area contributed by atoms with Crippen LogP contribution in [0.1, 0.15) is 45.1 Å². The fraction of sp³-hybridized carbons (Fsp3) is 0.625. The van der Waals surface area contributed by atoms with Crippen molar-refractivity contribution in [2.75, 3.05) is 25.5 Å². The average molecular weight is 248 g/mol. The maximum atomic E-state index is 3.52. The Labute approximate surface area is 112 Å². The molecule has 2 heteroatoms. The summed E-state index contributed by atoms with van der Waals surface area (Å²) in [6.07, 6.45) is 2.41. The molecular formula is C16H28N2. The lowest BCUT2D eigenvalue weighted by molar-refractivity contribution is 0.506. The summed E-state index contributed by atoms with van der Waals surface area (Å²) in [5.41, 5.74) is 2.67. The minimum Gasteiger partial charge on any atom is -0.385 e. The van der Waals surface area contributed by atoms with Crippen LogP contribution < -0.4 is 10.6 Å². The third kappa shape index (κ3) is 4.69. The van der Waals surface area contributed by atoms with Crippen molar-refractivity contribution >= 4 is 5.69 Å². The van der Waals surface area contributed by atoms with Crippen molar-refractivity contribution < 1.29 is 0 Å². The van der Waals surface area contributed by atoms with Crippen molar-refractivity contribution in [1.82, 2.24) is 5.32 Å². The van der Waals surface area contributed by atoms with Gasteiger partial charge < -0.3 is 10.6 Å². The van der Waals surface area contributed by atoms with Crippen LogP contribution in [0.2, 0.25) is 0 Å². The Morgan fingerprint density at radius 2 is 1.67 bits per heavy atom. The van der Waals surface area contributed by atoms with Gasteiger partial charge >= 0.3 is 0 Å². The Morgan fingerprint density at radius 1 is 1.00 bits per heavy atom. The summed E-state index contributed by atoms with van der Waals surface area (Å²) < 4.78 is 0. The minimum atomic E-state index is 0.659. The highest BCUT2D eigenvalue weighted by molar-refractivity contribution is 5.45. The van der Waals surface area contributed by atoms with E-state index in [9.17, 15) is 0 Å². The zero-order valence-corrected chi connectivity index (χ0v) is 12.3. The van der Waals surface area contributed by atoms with Crippen molar-refractivity contribution in [1.29, 1.82) is 0 Å². The molecule has 1 rings (SSSR count). The van der Waals surface area contributed by atoms with E-state index in [2.05, 4.69) is 55.7 Å². The molecule has 0 aliphatic rings. The van der Waals surface area contributed by atoms with Gasteiger partial charge in [0.1, 0.15) is 0 Å². The summed E-state index contributed by atoms with van der Waals surface area (Å²) in [4.78, 5) is 0. The van der Waals surface area contributed by atoms with E-state index in [0.717, 1.165) is 13.1 Å². The Kier molecular flexibility index (Phi) is 6.81. The van der Waals surface area contributed by atoms with E-state index in [1.54, 1.807) is 0 Å². The molecule has 0 heterocycles. The number of hydrogen-bond donors (Lipinski definition) is 2. The fourth-order valence-electron chi connectivity index (χ4n) is 2.08. The van der Waals surface area contributed by atoms with E-state index in [0.29, 0.717) is 11.8 Å². The molecule has 0 saturated carbocycles. The van der Waals surface area contributed by atoms with Crippen LogP contribution in [0.3, 0.4) is 0 Å². The van der Waals surface area contributed by atoms with Gasteiger partial charge in [0.15, 0.2) is 0 Å². The third-order valence-electron chi connectivity index (χ3n) is 3.76. The predicted octanol–water partition coefficient (Wildman–Crippen LogP) is 3.86. The van der Waals surface area contributed by atoms with Crippen molar-refractivity contribution in [2.45, 2.75) is 39.5 Å². The standard InChI is InChI=1S/C16H28N2/c1-5-13(3)15-7-9-16(10-8-15)18-12-14(6-2)11-17-4/h7-10,13-14,17-18H,5-6,11-12H2,1-4H3. The summed E-state index contributed by atoms with van der Waals surface area (Å²) in [5, 5.41) is 6.77. The molecule has 0 aromatic heterocycles. The zero-order valence-electron chi connectivity index (χ0n) is 12.3. The van der Waals surface area contributed by atoms with E-state index in [1.165, 1.54) is 24.1 Å². The summed E-state index contributed by atoms with van der Waals surface area (Å²) in [7, 11) is 2.02. The SMILES string of the molecule is CCC(CNC)CNc1ccc(C(C)CC)cc1. The first kappa shape index (κ1) is 15.0. The van der Waals surface area contributed by atoms with Crippen molar-refractivity contribution in [3.05, 3.63) is 29.8 Å². The molecule has 0 spiro atoms. The van der Waals surface area contributed by atoms with Crippen molar-refractivity contribution in [3.63, 3.8) is 0 Å². The van der Waals surface area contributed by atoms with Gasteiger partial charge in [-0.2, -0.15) is 0 Å². The zero-order chi connectivity index (χ0) is 13.4. The largest absolute Gasteiger partial charge is 0.385 e. The van der Waals surface area contributed by atoms with E-state index in [4.69, 9.17) is 0 Å². The van der Waals surface area contributed by atoms with Crippen molar-refractivity contribution in [3.8, 4) is 0 Å². The van der Waals surface area contributed by atoms with Crippen LogP contribution in [-0.4, -0.2) is 20.1 Å². The molecule has 0 radical (unpaired) electrons. The Hall–Kier alpha value is -1.02. The molecular weight excluding hydrogens is 220 g/mol. The lowest BCUT2D eigenvalue weighted by Crippen LogP contribution is -2.24. The molecule has 2 nitrogen and oxygen atoms in total. The van der Waals surface area contributed by atoms with Crippen LogP contribution in [-0.2, 0) is 0 Å². The van der Waals surface area contributed by atoms with Gasteiger partial charge in [-0.25, -0.2) is 0 Å². The van der Waals surface area contributed by atoms with E-state index >= 15 is 0 Å². The van der Waals surface area contributed by atoms with Gasteiger partial charge in [-0.3, -0.25) is 0 Å². The third-order valence-corrected chi connectivity index (χ3v) is 3.76. The highest BCUT2D eigenvalue weighted by Crippen LogP contribution is 2.20. The molecule has 2 atom stereocenters. The normalized spacial score (nSPS) is 14.2. The first-order valence-corrected chi connectivity index (χ1v) is 7.19. The molecule has 2 N–H and O–H groups in total. The second-order valence-electron chi connectivity index (χ2n) is 5.14. The number of hydrogen-bond acceptors (Lipinski definition) is 2. The number of rotatable bonds is 8. The molecule has 102 valence electrons. The summed E-state index contributed by atoms with van der Waals surface area (Å²) in [6, 6.07) is 8.90. The topological polar surface area (TPSA) is 24.1 Å². The molecule has 1 aromatic rings. The predicted molar refractivity (Wildman–Crippen MR) is 81.3 cm³/mol.